The molecule has 0 aromatic heterocycles. The molecule has 1 aromatic rings. The van der Waals surface area contributed by atoms with E-state index < -0.39 is 0 Å². The minimum Gasteiger partial charge on any atom is -0.207 e. The number of benzene rings is 1. The van der Waals surface area contributed by atoms with Crippen molar-refractivity contribution in [3.63, 3.8) is 0 Å². The molecule has 0 N–H and O–H groups in total. The first kappa shape index (κ1) is 9.70. The second-order valence-corrected chi connectivity index (χ2v) is 4.43. The second kappa shape index (κ2) is 3.72. The van der Waals surface area contributed by atoms with Crippen LogP contribution in [0.1, 0.15) is 48.3 Å². The number of halogens is 1. The molecular weight excluding hydrogens is 175 g/mol. The van der Waals surface area contributed by atoms with Crippen LogP contribution in [0.3, 0.4) is 0 Å². The first-order chi connectivity index (χ1) is 6.68. The zero-order valence-electron chi connectivity index (χ0n) is 8.94. The van der Waals surface area contributed by atoms with Crippen molar-refractivity contribution in [3.05, 3.63) is 34.6 Å². The number of hydrogen-bond acceptors (Lipinski definition) is 0. The van der Waals surface area contributed by atoms with Crippen molar-refractivity contribution < 1.29 is 4.39 Å². The summed E-state index contributed by atoms with van der Waals surface area (Å²) < 4.78 is 13.5. The molecule has 14 heavy (non-hydrogen) atoms. The molecule has 1 saturated carbocycles. The van der Waals surface area contributed by atoms with Crippen LogP contribution in [0.4, 0.5) is 4.39 Å². The van der Waals surface area contributed by atoms with Gasteiger partial charge in [-0.05, 0) is 55.4 Å². The van der Waals surface area contributed by atoms with E-state index in [2.05, 4.69) is 6.07 Å². The molecule has 76 valence electrons. The highest BCUT2D eigenvalue weighted by Gasteiger charge is 2.18. The van der Waals surface area contributed by atoms with Crippen LogP contribution in [0.2, 0.25) is 0 Å². The molecule has 1 aliphatic rings. The van der Waals surface area contributed by atoms with Gasteiger partial charge < -0.3 is 0 Å². The quantitative estimate of drug-likeness (QED) is 0.628. The van der Waals surface area contributed by atoms with Gasteiger partial charge in [0.2, 0.25) is 0 Å². The molecule has 1 fully saturated rings. The smallest absolute Gasteiger partial charge is 0.126 e. The number of rotatable bonds is 1. The van der Waals surface area contributed by atoms with Crippen molar-refractivity contribution >= 4 is 0 Å². The van der Waals surface area contributed by atoms with Crippen molar-refractivity contribution in [2.75, 3.05) is 0 Å². The maximum absolute atomic E-state index is 13.5. The Kier molecular flexibility index (Phi) is 2.58. The van der Waals surface area contributed by atoms with Crippen LogP contribution in [-0.4, -0.2) is 0 Å². The largest absolute Gasteiger partial charge is 0.207 e. The molecule has 2 rings (SSSR count). The maximum Gasteiger partial charge on any atom is 0.126 e. The van der Waals surface area contributed by atoms with E-state index in [1.165, 1.54) is 31.2 Å². The third kappa shape index (κ3) is 1.68. The molecular formula is C13H17F. The molecule has 0 amide bonds. The number of hydrogen-bond donors (Lipinski definition) is 0. The van der Waals surface area contributed by atoms with Gasteiger partial charge in [0.05, 0.1) is 0 Å². The highest BCUT2D eigenvalue weighted by atomic mass is 19.1. The van der Waals surface area contributed by atoms with E-state index >= 15 is 0 Å². The molecule has 0 saturated heterocycles. The fraction of sp³-hybridized carbons (Fsp3) is 0.538. The molecule has 0 spiro atoms. The Morgan fingerprint density at radius 1 is 1.14 bits per heavy atom. The van der Waals surface area contributed by atoms with Gasteiger partial charge in [0.15, 0.2) is 0 Å². The molecule has 0 unspecified atom stereocenters. The van der Waals surface area contributed by atoms with Gasteiger partial charge in [-0.1, -0.05) is 18.9 Å². The lowest BCUT2D eigenvalue weighted by Crippen LogP contribution is -1.97. The van der Waals surface area contributed by atoms with E-state index in [4.69, 9.17) is 0 Å². The molecule has 1 aliphatic carbocycles. The zero-order chi connectivity index (χ0) is 10.1. The fourth-order valence-electron chi connectivity index (χ4n) is 2.34. The fourth-order valence-corrected chi connectivity index (χ4v) is 2.34. The Morgan fingerprint density at radius 3 is 2.36 bits per heavy atom. The average Bonchev–Trinajstić information content (AvgIpc) is 2.66. The van der Waals surface area contributed by atoms with E-state index in [0.29, 0.717) is 5.92 Å². The lowest BCUT2D eigenvalue weighted by atomic mass is 9.94. The van der Waals surface area contributed by atoms with Crippen LogP contribution < -0.4 is 0 Å². The third-order valence-electron chi connectivity index (χ3n) is 3.45. The van der Waals surface area contributed by atoms with Gasteiger partial charge in [-0.3, -0.25) is 0 Å². The minimum atomic E-state index is -0.0353. The zero-order valence-corrected chi connectivity index (χ0v) is 8.94. The molecule has 1 aromatic carbocycles. The van der Waals surface area contributed by atoms with E-state index in [9.17, 15) is 4.39 Å². The van der Waals surface area contributed by atoms with Crippen molar-refractivity contribution in [2.45, 2.75) is 45.4 Å². The lowest BCUT2D eigenvalue weighted by molar-refractivity contribution is 0.608. The molecule has 0 nitrogen and oxygen atoms in total. The van der Waals surface area contributed by atoms with Crippen LogP contribution in [0.5, 0.6) is 0 Å². The second-order valence-electron chi connectivity index (χ2n) is 4.43. The van der Waals surface area contributed by atoms with Gasteiger partial charge in [-0.2, -0.15) is 0 Å². The Bertz CT molecular complexity index is 312. The predicted octanol–water partition coefficient (Wildman–Crippen LogP) is 4.10. The van der Waals surface area contributed by atoms with E-state index in [0.717, 1.165) is 11.1 Å². The van der Waals surface area contributed by atoms with Crippen LogP contribution >= 0.6 is 0 Å². The predicted molar refractivity (Wildman–Crippen MR) is 57.1 cm³/mol. The van der Waals surface area contributed by atoms with Gasteiger partial charge in [-0.25, -0.2) is 4.39 Å². The van der Waals surface area contributed by atoms with Crippen LogP contribution in [0.15, 0.2) is 12.1 Å². The summed E-state index contributed by atoms with van der Waals surface area (Å²) in [6.07, 6.45) is 5.09. The first-order valence-electron chi connectivity index (χ1n) is 5.45. The highest BCUT2D eigenvalue weighted by molar-refractivity contribution is 5.33. The van der Waals surface area contributed by atoms with E-state index in [1.807, 2.05) is 13.8 Å². The topological polar surface area (TPSA) is 0 Å². The summed E-state index contributed by atoms with van der Waals surface area (Å²) in [5.74, 6) is 0.579. The molecule has 1 heteroatoms. The average molecular weight is 192 g/mol. The van der Waals surface area contributed by atoms with Gasteiger partial charge in [-0.15, -0.1) is 0 Å². The Morgan fingerprint density at radius 2 is 1.79 bits per heavy atom. The number of aryl methyl sites for hydroxylation is 1. The van der Waals surface area contributed by atoms with Gasteiger partial charge in [0.25, 0.3) is 0 Å². The van der Waals surface area contributed by atoms with Gasteiger partial charge in [0.1, 0.15) is 5.82 Å². The molecule has 0 bridgehead atoms. The molecule has 0 radical (unpaired) electrons. The lowest BCUT2D eigenvalue weighted by Gasteiger charge is -2.12. The van der Waals surface area contributed by atoms with E-state index in [1.54, 1.807) is 6.07 Å². The minimum absolute atomic E-state index is 0.0353. The standard InChI is InChI=1S/C13H17F/c1-9-7-12(8-13(14)10(9)2)11-5-3-4-6-11/h7-8,11H,3-6H2,1-2H3. The molecule has 0 heterocycles. The summed E-state index contributed by atoms with van der Waals surface area (Å²) in [7, 11) is 0. The SMILES string of the molecule is Cc1cc(C2CCCC2)cc(F)c1C. The Labute approximate surface area is 85.1 Å². The molecule has 0 aliphatic heterocycles. The van der Waals surface area contributed by atoms with Gasteiger partial charge >= 0.3 is 0 Å². The Hall–Kier alpha value is -0.850. The van der Waals surface area contributed by atoms with Crippen molar-refractivity contribution in [1.82, 2.24) is 0 Å². The van der Waals surface area contributed by atoms with Crippen molar-refractivity contribution in [1.29, 1.82) is 0 Å². The maximum atomic E-state index is 13.5. The third-order valence-corrected chi connectivity index (χ3v) is 3.45. The normalized spacial score (nSPS) is 17.6. The van der Waals surface area contributed by atoms with Crippen LogP contribution in [0.25, 0.3) is 0 Å². The van der Waals surface area contributed by atoms with Crippen LogP contribution in [-0.2, 0) is 0 Å². The summed E-state index contributed by atoms with van der Waals surface area (Å²) >= 11 is 0. The van der Waals surface area contributed by atoms with E-state index in [-0.39, 0.29) is 5.82 Å². The summed E-state index contributed by atoms with van der Waals surface area (Å²) in [6.45, 7) is 3.85. The van der Waals surface area contributed by atoms with Gasteiger partial charge in [0, 0.05) is 0 Å². The first-order valence-corrected chi connectivity index (χ1v) is 5.45. The molecule has 0 atom stereocenters. The monoisotopic (exact) mass is 192 g/mol. The van der Waals surface area contributed by atoms with Crippen molar-refractivity contribution in [3.8, 4) is 0 Å². The Balaban J connectivity index is 2.34. The summed E-state index contributed by atoms with van der Waals surface area (Å²) in [4.78, 5) is 0. The summed E-state index contributed by atoms with van der Waals surface area (Å²) in [6, 6.07) is 3.90. The highest BCUT2D eigenvalue weighted by Crippen LogP contribution is 2.35. The summed E-state index contributed by atoms with van der Waals surface area (Å²) in [5, 5.41) is 0. The summed E-state index contributed by atoms with van der Waals surface area (Å²) in [5.41, 5.74) is 3.10. The van der Waals surface area contributed by atoms with Crippen LogP contribution in [0, 0.1) is 19.7 Å². The van der Waals surface area contributed by atoms with Crippen molar-refractivity contribution in [2.24, 2.45) is 0 Å².